The van der Waals surface area contributed by atoms with Crippen molar-refractivity contribution in [3.05, 3.63) is 0 Å². The molecule has 0 aliphatic heterocycles. The van der Waals surface area contributed by atoms with Crippen LogP contribution in [-0.4, -0.2) is 24.9 Å². The Morgan fingerprint density at radius 1 is 1.27 bits per heavy atom. The van der Waals surface area contributed by atoms with Gasteiger partial charge < -0.3 is 9.84 Å². The van der Waals surface area contributed by atoms with Crippen LogP contribution in [-0.2, 0) is 4.74 Å². The van der Waals surface area contributed by atoms with E-state index in [2.05, 4.69) is 6.92 Å². The third-order valence-electron chi connectivity index (χ3n) is 1.90. The van der Waals surface area contributed by atoms with Gasteiger partial charge in [0.1, 0.15) is 0 Å². The Bertz CT molecular complexity index is 66.0. The first-order chi connectivity index (χ1) is 5.35. The fraction of sp³-hybridized carbons (Fsp3) is 1.00. The first kappa shape index (κ1) is 10.9. The highest BCUT2D eigenvalue weighted by Crippen LogP contribution is 2.09. The van der Waals surface area contributed by atoms with Gasteiger partial charge in [0.05, 0.1) is 6.10 Å². The molecule has 0 saturated carbocycles. The third-order valence-corrected chi connectivity index (χ3v) is 1.90. The van der Waals surface area contributed by atoms with Gasteiger partial charge in [-0.25, -0.2) is 0 Å². The Balaban J connectivity index is 3.25. The van der Waals surface area contributed by atoms with Crippen LogP contribution in [0.1, 0.15) is 39.0 Å². The molecule has 1 atom stereocenters. The molecule has 0 rings (SSSR count). The second-order valence-electron chi connectivity index (χ2n) is 2.87. The predicted octanol–water partition coefficient (Wildman–Crippen LogP) is 1.96. The molecule has 2 heteroatoms. The van der Waals surface area contributed by atoms with Crippen LogP contribution in [0.2, 0.25) is 0 Å². The van der Waals surface area contributed by atoms with Gasteiger partial charge in [-0.3, -0.25) is 0 Å². The molecule has 11 heavy (non-hydrogen) atoms. The van der Waals surface area contributed by atoms with Gasteiger partial charge in [-0.15, -0.1) is 0 Å². The Morgan fingerprint density at radius 3 is 2.36 bits per heavy atom. The average Bonchev–Trinajstić information content (AvgIpc) is 2.05. The highest BCUT2D eigenvalue weighted by molar-refractivity contribution is 4.56. The fourth-order valence-corrected chi connectivity index (χ4v) is 1.13. The zero-order valence-electron chi connectivity index (χ0n) is 7.68. The first-order valence-corrected chi connectivity index (χ1v) is 4.48. The summed E-state index contributed by atoms with van der Waals surface area (Å²) in [5, 5.41) is 8.58. The molecular weight excluding hydrogens is 140 g/mol. The number of hydrogen-bond acceptors (Lipinski definition) is 2. The van der Waals surface area contributed by atoms with E-state index in [1.807, 2.05) is 0 Å². The lowest BCUT2D eigenvalue weighted by Gasteiger charge is -2.13. The maximum atomic E-state index is 8.58. The molecule has 2 nitrogen and oxygen atoms in total. The minimum Gasteiger partial charge on any atom is -0.396 e. The summed E-state index contributed by atoms with van der Waals surface area (Å²) in [5.41, 5.74) is 0. The lowest BCUT2D eigenvalue weighted by Crippen LogP contribution is -2.10. The lowest BCUT2D eigenvalue weighted by atomic mass is 10.1. The molecule has 0 fully saturated rings. The van der Waals surface area contributed by atoms with Gasteiger partial charge in [0.25, 0.3) is 0 Å². The number of methoxy groups -OCH3 is 1. The summed E-state index contributed by atoms with van der Waals surface area (Å²) in [6, 6.07) is 0. The number of aliphatic hydroxyl groups is 1. The second kappa shape index (κ2) is 8.02. The van der Waals surface area contributed by atoms with Gasteiger partial charge in [0.2, 0.25) is 0 Å². The lowest BCUT2D eigenvalue weighted by molar-refractivity contribution is 0.0792. The zero-order chi connectivity index (χ0) is 8.53. The summed E-state index contributed by atoms with van der Waals surface area (Å²) in [5.74, 6) is 0. The van der Waals surface area contributed by atoms with Crippen molar-refractivity contribution in [1.82, 2.24) is 0 Å². The molecule has 0 amide bonds. The molecule has 0 spiro atoms. The fourth-order valence-electron chi connectivity index (χ4n) is 1.13. The smallest absolute Gasteiger partial charge is 0.0572 e. The number of rotatable bonds is 7. The van der Waals surface area contributed by atoms with Gasteiger partial charge in [0, 0.05) is 13.7 Å². The van der Waals surface area contributed by atoms with Crippen molar-refractivity contribution in [3.63, 3.8) is 0 Å². The monoisotopic (exact) mass is 160 g/mol. The topological polar surface area (TPSA) is 29.5 Å². The van der Waals surface area contributed by atoms with Gasteiger partial charge >= 0.3 is 0 Å². The van der Waals surface area contributed by atoms with Crippen molar-refractivity contribution in [2.45, 2.75) is 45.1 Å². The standard InChI is InChI=1S/C9H20O2/c1-3-4-6-9(11-2)7-5-8-10/h9-10H,3-8H2,1-2H3/t9-/m0/s1. The largest absolute Gasteiger partial charge is 0.396 e. The third kappa shape index (κ3) is 6.32. The van der Waals surface area contributed by atoms with E-state index in [0.717, 1.165) is 19.3 Å². The second-order valence-corrected chi connectivity index (χ2v) is 2.87. The molecule has 0 radical (unpaired) electrons. The zero-order valence-corrected chi connectivity index (χ0v) is 7.68. The maximum absolute atomic E-state index is 8.58. The van der Waals surface area contributed by atoms with Crippen molar-refractivity contribution in [3.8, 4) is 0 Å². The molecule has 68 valence electrons. The van der Waals surface area contributed by atoms with Gasteiger partial charge in [-0.2, -0.15) is 0 Å². The van der Waals surface area contributed by atoms with Crippen LogP contribution < -0.4 is 0 Å². The number of aliphatic hydroxyl groups excluding tert-OH is 1. The Kier molecular flexibility index (Phi) is 7.96. The van der Waals surface area contributed by atoms with E-state index in [1.165, 1.54) is 12.8 Å². The molecule has 0 unspecified atom stereocenters. The molecule has 0 aromatic heterocycles. The van der Waals surface area contributed by atoms with E-state index in [0.29, 0.717) is 6.10 Å². The molecular formula is C9H20O2. The van der Waals surface area contributed by atoms with Crippen LogP contribution in [0.25, 0.3) is 0 Å². The van der Waals surface area contributed by atoms with Gasteiger partial charge in [-0.1, -0.05) is 19.8 Å². The maximum Gasteiger partial charge on any atom is 0.0572 e. The SMILES string of the molecule is CCCC[C@@H](CCCO)OC. The molecule has 0 aromatic carbocycles. The molecule has 1 N–H and O–H groups in total. The molecule has 0 heterocycles. The summed E-state index contributed by atoms with van der Waals surface area (Å²) in [7, 11) is 1.75. The summed E-state index contributed by atoms with van der Waals surface area (Å²) in [6.45, 7) is 2.46. The normalized spacial score (nSPS) is 13.4. The van der Waals surface area contributed by atoms with Crippen LogP contribution in [0.4, 0.5) is 0 Å². The summed E-state index contributed by atoms with van der Waals surface area (Å²) in [6.07, 6.45) is 5.80. The molecule has 0 aromatic rings. The highest BCUT2D eigenvalue weighted by atomic mass is 16.5. The van der Waals surface area contributed by atoms with E-state index in [1.54, 1.807) is 7.11 Å². The number of ether oxygens (including phenoxy) is 1. The molecule has 0 bridgehead atoms. The molecule has 0 saturated heterocycles. The summed E-state index contributed by atoms with van der Waals surface area (Å²) < 4.78 is 5.24. The van der Waals surface area contributed by atoms with E-state index in [9.17, 15) is 0 Å². The van der Waals surface area contributed by atoms with E-state index in [4.69, 9.17) is 9.84 Å². The minimum absolute atomic E-state index is 0.284. The van der Waals surface area contributed by atoms with Crippen LogP contribution in [0, 0.1) is 0 Å². The van der Waals surface area contributed by atoms with E-state index in [-0.39, 0.29) is 6.61 Å². The van der Waals surface area contributed by atoms with Crippen LogP contribution in [0.3, 0.4) is 0 Å². The average molecular weight is 160 g/mol. The first-order valence-electron chi connectivity index (χ1n) is 4.48. The summed E-state index contributed by atoms with van der Waals surface area (Å²) >= 11 is 0. The Hall–Kier alpha value is -0.0800. The van der Waals surface area contributed by atoms with Crippen molar-refractivity contribution in [2.75, 3.05) is 13.7 Å². The minimum atomic E-state index is 0.284. The number of hydrogen-bond donors (Lipinski definition) is 1. The van der Waals surface area contributed by atoms with Gasteiger partial charge in [-0.05, 0) is 19.3 Å². The molecule has 0 aliphatic rings. The Labute approximate surface area is 69.6 Å². The Morgan fingerprint density at radius 2 is 1.91 bits per heavy atom. The van der Waals surface area contributed by atoms with Crippen LogP contribution in [0.5, 0.6) is 0 Å². The van der Waals surface area contributed by atoms with Crippen LogP contribution in [0.15, 0.2) is 0 Å². The van der Waals surface area contributed by atoms with Crippen molar-refractivity contribution >= 4 is 0 Å². The predicted molar refractivity (Wildman–Crippen MR) is 46.6 cm³/mol. The summed E-state index contributed by atoms with van der Waals surface area (Å²) in [4.78, 5) is 0. The van der Waals surface area contributed by atoms with Crippen LogP contribution >= 0.6 is 0 Å². The number of unbranched alkanes of at least 4 members (excludes halogenated alkanes) is 1. The van der Waals surface area contributed by atoms with E-state index >= 15 is 0 Å². The van der Waals surface area contributed by atoms with Crippen molar-refractivity contribution in [2.24, 2.45) is 0 Å². The highest BCUT2D eigenvalue weighted by Gasteiger charge is 2.04. The molecule has 0 aliphatic carbocycles. The van der Waals surface area contributed by atoms with Crippen molar-refractivity contribution in [1.29, 1.82) is 0 Å². The quantitative estimate of drug-likeness (QED) is 0.617. The van der Waals surface area contributed by atoms with Gasteiger partial charge in [0.15, 0.2) is 0 Å². The van der Waals surface area contributed by atoms with E-state index < -0.39 is 0 Å². The van der Waals surface area contributed by atoms with Crippen molar-refractivity contribution < 1.29 is 9.84 Å².